The maximum absolute atomic E-state index is 11.4. The van der Waals surface area contributed by atoms with E-state index in [1.807, 2.05) is 6.92 Å². The van der Waals surface area contributed by atoms with E-state index in [1.54, 1.807) is 0 Å². The molecule has 0 unspecified atom stereocenters. The Kier molecular flexibility index (Phi) is 27.0. The van der Waals surface area contributed by atoms with Crippen LogP contribution in [0.15, 0.2) is 0 Å². The van der Waals surface area contributed by atoms with Gasteiger partial charge in [0.25, 0.3) is 0 Å². The van der Waals surface area contributed by atoms with E-state index in [0.717, 1.165) is 58.9 Å². The molecule has 1 saturated heterocycles. The summed E-state index contributed by atoms with van der Waals surface area (Å²) in [6.07, 6.45) is 19.1. The molecule has 0 amide bonds. The van der Waals surface area contributed by atoms with Gasteiger partial charge < -0.3 is 20.7 Å². The van der Waals surface area contributed by atoms with Crippen LogP contribution >= 0.6 is 0 Å². The number of nitrogens with one attached hydrogen (secondary N) is 3. The van der Waals surface area contributed by atoms with Crippen LogP contribution in [0.25, 0.3) is 0 Å². The van der Waals surface area contributed by atoms with Gasteiger partial charge in [-0.25, -0.2) is 0 Å². The van der Waals surface area contributed by atoms with Gasteiger partial charge in [-0.1, -0.05) is 90.9 Å². The van der Waals surface area contributed by atoms with Crippen molar-refractivity contribution in [1.82, 2.24) is 20.9 Å². The number of rotatable bonds is 15. The fourth-order valence-corrected chi connectivity index (χ4v) is 3.91. The van der Waals surface area contributed by atoms with E-state index < -0.39 is 0 Å². The van der Waals surface area contributed by atoms with Crippen LogP contribution in [0, 0.1) is 0 Å². The topological polar surface area (TPSA) is 65.6 Å². The van der Waals surface area contributed by atoms with Gasteiger partial charge in [0.1, 0.15) is 0 Å². The van der Waals surface area contributed by atoms with Crippen LogP contribution in [0.1, 0.15) is 111 Å². The van der Waals surface area contributed by atoms with Gasteiger partial charge in [-0.05, 0) is 26.4 Å². The van der Waals surface area contributed by atoms with E-state index in [4.69, 9.17) is 4.74 Å². The molecule has 0 aromatic heterocycles. The average Bonchev–Trinajstić information content (AvgIpc) is 2.81. The quantitative estimate of drug-likeness (QED) is 0.229. The van der Waals surface area contributed by atoms with Crippen LogP contribution in [0.4, 0.5) is 0 Å². The predicted molar refractivity (Wildman–Crippen MR) is 143 cm³/mol. The third kappa shape index (κ3) is 25.8. The van der Waals surface area contributed by atoms with E-state index >= 15 is 0 Å². The zero-order valence-electron chi connectivity index (χ0n) is 22.5. The second-order valence-corrected chi connectivity index (χ2v) is 9.22. The van der Waals surface area contributed by atoms with Gasteiger partial charge in [-0.3, -0.25) is 9.69 Å². The average molecular weight is 471 g/mol. The minimum Gasteiger partial charge on any atom is -0.466 e. The molecule has 6 heteroatoms. The number of carbonyl (C=O) groups excluding carboxylic acids is 1. The highest BCUT2D eigenvalue weighted by atomic mass is 16.5. The highest BCUT2D eigenvalue weighted by Crippen LogP contribution is 2.11. The molecule has 0 aromatic carbocycles. The van der Waals surface area contributed by atoms with Crippen LogP contribution in [0.5, 0.6) is 0 Å². The Morgan fingerprint density at radius 2 is 1.21 bits per heavy atom. The van der Waals surface area contributed by atoms with Crippen LogP contribution in [-0.2, 0) is 9.53 Å². The minimum atomic E-state index is -0.108. The van der Waals surface area contributed by atoms with Crippen molar-refractivity contribution in [2.24, 2.45) is 0 Å². The number of hydrogen-bond acceptors (Lipinski definition) is 6. The van der Waals surface area contributed by atoms with Crippen molar-refractivity contribution < 1.29 is 9.53 Å². The van der Waals surface area contributed by atoms with Crippen molar-refractivity contribution >= 4 is 5.97 Å². The lowest BCUT2D eigenvalue weighted by Crippen LogP contribution is -2.43. The molecule has 0 aromatic rings. The highest BCUT2D eigenvalue weighted by Gasteiger charge is 2.08. The van der Waals surface area contributed by atoms with Gasteiger partial charge in [0, 0.05) is 39.4 Å². The number of hydrogen-bond donors (Lipinski definition) is 3. The lowest BCUT2D eigenvalue weighted by atomic mass is 10.1. The minimum absolute atomic E-state index is 0.108. The van der Waals surface area contributed by atoms with E-state index in [-0.39, 0.29) is 5.97 Å². The summed E-state index contributed by atoms with van der Waals surface area (Å²) in [7, 11) is 0. The Hall–Kier alpha value is -0.690. The van der Waals surface area contributed by atoms with Crippen molar-refractivity contribution in [1.29, 1.82) is 0 Å². The second-order valence-electron chi connectivity index (χ2n) is 9.22. The molecule has 198 valence electrons. The molecule has 6 nitrogen and oxygen atoms in total. The first-order valence-electron chi connectivity index (χ1n) is 14.2. The Morgan fingerprint density at radius 1 is 0.697 bits per heavy atom. The molecular weight excluding hydrogens is 412 g/mol. The standard InChI is InChI=1S/C14H30.C13H28N4O2/c1-3-5-7-9-11-13-14-12-10-8-6-4-2;1-2-19-13(18)4-10-17-11-9-15-6-3-5-14-7-8-16-12-17/h3-14H2,1-2H3;14-16H,2-12H2,1H3. The maximum Gasteiger partial charge on any atom is 0.307 e. The first-order chi connectivity index (χ1) is 16.2. The number of nitrogens with zero attached hydrogens (tertiary/aromatic N) is 1. The van der Waals surface area contributed by atoms with Gasteiger partial charge in [-0.15, -0.1) is 0 Å². The van der Waals surface area contributed by atoms with Gasteiger partial charge in [0.15, 0.2) is 0 Å². The number of unbranched alkanes of at least 4 members (excludes halogenated alkanes) is 11. The lowest BCUT2D eigenvalue weighted by Gasteiger charge is -2.23. The van der Waals surface area contributed by atoms with Crippen molar-refractivity contribution in [2.45, 2.75) is 111 Å². The first-order valence-corrected chi connectivity index (χ1v) is 14.2. The molecule has 3 N–H and O–H groups in total. The Bertz CT molecular complexity index is 372. The Balaban J connectivity index is 0.000000653. The Morgan fingerprint density at radius 3 is 1.76 bits per heavy atom. The summed E-state index contributed by atoms with van der Waals surface area (Å²) in [6.45, 7) is 14.4. The monoisotopic (exact) mass is 470 g/mol. The molecule has 0 aliphatic carbocycles. The van der Waals surface area contributed by atoms with Crippen molar-refractivity contribution in [3.8, 4) is 0 Å². The fraction of sp³-hybridized carbons (Fsp3) is 0.963. The molecule has 1 fully saturated rings. The normalized spacial score (nSPS) is 16.2. The maximum atomic E-state index is 11.4. The fourth-order valence-electron chi connectivity index (χ4n) is 3.91. The zero-order valence-corrected chi connectivity index (χ0v) is 22.5. The number of carbonyl (C=O) groups is 1. The number of ether oxygens (including phenoxy) is 1. The van der Waals surface area contributed by atoms with Gasteiger partial charge in [0.2, 0.25) is 0 Å². The summed E-state index contributed by atoms with van der Waals surface area (Å²) < 4.78 is 4.96. The van der Waals surface area contributed by atoms with Gasteiger partial charge >= 0.3 is 5.97 Å². The molecule has 1 aliphatic heterocycles. The molecule has 0 spiro atoms. The van der Waals surface area contributed by atoms with Crippen molar-refractivity contribution in [3.63, 3.8) is 0 Å². The van der Waals surface area contributed by atoms with Gasteiger partial charge in [-0.2, -0.15) is 0 Å². The molecule has 0 saturated carbocycles. The molecule has 0 bridgehead atoms. The van der Waals surface area contributed by atoms with E-state index in [9.17, 15) is 4.79 Å². The summed E-state index contributed by atoms with van der Waals surface area (Å²) in [6, 6.07) is 0. The third-order valence-electron chi connectivity index (χ3n) is 6.02. The van der Waals surface area contributed by atoms with Crippen LogP contribution in [-0.4, -0.2) is 70.0 Å². The number of esters is 1. The first kappa shape index (κ1) is 32.3. The lowest BCUT2D eigenvalue weighted by molar-refractivity contribution is -0.143. The molecule has 0 atom stereocenters. The van der Waals surface area contributed by atoms with Crippen molar-refractivity contribution in [3.05, 3.63) is 0 Å². The smallest absolute Gasteiger partial charge is 0.307 e. The largest absolute Gasteiger partial charge is 0.466 e. The van der Waals surface area contributed by atoms with Crippen molar-refractivity contribution in [2.75, 3.05) is 59.1 Å². The molecule has 0 radical (unpaired) electrons. The summed E-state index contributed by atoms with van der Waals surface area (Å²) in [4.78, 5) is 13.6. The highest BCUT2D eigenvalue weighted by molar-refractivity contribution is 5.69. The summed E-state index contributed by atoms with van der Waals surface area (Å²) in [5.41, 5.74) is 0. The Labute approximate surface area is 206 Å². The predicted octanol–water partition coefficient (Wildman–Crippen LogP) is 5.08. The second kappa shape index (κ2) is 27.6. The third-order valence-corrected chi connectivity index (χ3v) is 6.02. The van der Waals surface area contributed by atoms with Crippen LogP contribution in [0.2, 0.25) is 0 Å². The summed E-state index contributed by atoms with van der Waals surface area (Å²) >= 11 is 0. The van der Waals surface area contributed by atoms with E-state index in [2.05, 4.69) is 34.7 Å². The molecule has 33 heavy (non-hydrogen) atoms. The SMILES string of the molecule is CCCCCCCCCCCCCC.CCOC(=O)CCN1CCNCCCNCCNC1. The molecule has 1 heterocycles. The van der Waals surface area contributed by atoms with E-state index in [1.165, 1.54) is 77.0 Å². The zero-order chi connectivity index (χ0) is 24.2. The summed E-state index contributed by atoms with van der Waals surface area (Å²) in [5, 5.41) is 10.2. The molecule has 1 rings (SSSR count). The van der Waals surface area contributed by atoms with Crippen LogP contribution < -0.4 is 16.0 Å². The molecule has 1 aliphatic rings. The molecular formula is C27H58N4O2. The van der Waals surface area contributed by atoms with Gasteiger partial charge in [0.05, 0.1) is 13.0 Å². The summed E-state index contributed by atoms with van der Waals surface area (Å²) in [5.74, 6) is -0.108. The van der Waals surface area contributed by atoms with Crippen LogP contribution in [0.3, 0.4) is 0 Å². The van der Waals surface area contributed by atoms with E-state index in [0.29, 0.717) is 13.0 Å².